The van der Waals surface area contributed by atoms with Crippen LogP contribution in [0, 0.1) is 28.6 Å². The summed E-state index contributed by atoms with van der Waals surface area (Å²) in [5.74, 6) is 3.17. The van der Waals surface area contributed by atoms with Gasteiger partial charge in [0.2, 0.25) is 5.91 Å². The van der Waals surface area contributed by atoms with E-state index in [0.717, 1.165) is 37.2 Å². The summed E-state index contributed by atoms with van der Waals surface area (Å²) in [5.41, 5.74) is 2.73. The Labute approximate surface area is 213 Å². The van der Waals surface area contributed by atoms with Crippen molar-refractivity contribution in [3.63, 3.8) is 0 Å². The minimum Gasteiger partial charge on any atom is -0.299 e. The van der Waals surface area contributed by atoms with Crippen LogP contribution in [0.25, 0.3) is 0 Å². The van der Waals surface area contributed by atoms with Crippen molar-refractivity contribution in [3.05, 3.63) is 46.5 Å². The molecular weight excluding hydrogens is 452 g/mol. The summed E-state index contributed by atoms with van der Waals surface area (Å²) in [7, 11) is 0. The molecule has 1 unspecified atom stereocenters. The van der Waals surface area contributed by atoms with E-state index in [1.807, 2.05) is 11.0 Å². The number of hydrogen-bond acceptors (Lipinski definition) is 4. The summed E-state index contributed by atoms with van der Waals surface area (Å²) in [6.45, 7) is 7.17. The molecule has 0 N–H and O–H groups in total. The van der Waals surface area contributed by atoms with Gasteiger partial charge >= 0.3 is 0 Å². The van der Waals surface area contributed by atoms with Crippen molar-refractivity contribution >= 4 is 28.2 Å². The number of aryl methyl sites for hydroxylation is 1. The van der Waals surface area contributed by atoms with Crippen LogP contribution in [0.2, 0.25) is 0 Å². The van der Waals surface area contributed by atoms with E-state index in [1.165, 1.54) is 41.8 Å². The predicted molar refractivity (Wildman–Crippen MR) is 141 cm³/mol. The molecule has 3 saturated carbocycles. The third-order valence-electron chi connectivity index (χ3n) is 10.6. The number of hydrogen-bond donors (Lipinski definition) is 0. The molecular formula is C30H38N2O2S. The zero-order chi connectivity index (χ0) is 24.4. The van der Waals surface area contributed by atoms with Crippen molar-refractivity contribution < 1.29 is 9.59 Å². The van der Waals surface area contributed by atoms with Crippen LogP contribution in [0.5, 0.6) is 0 Å². The lowest BCUT2D eigenvalue weighted by Crippen LogP contribution is -2.52. The van der Waals surface area contributed by atoms with Gasteiger partial charge in [0.05, 0.1) is 5.69 Å². The smallest absolute Gasteiger partial charge is 0.225 e. The number of carbonyl (C=O) groups is 2. The van der Waals surface area contributed by atoms with Crippen molar-refractivity contribution in [3.8, 4) is 0 Å². The first-order valence-corrected chi connectivity index (χ1v) is 14.5. The number of aromatic nitrogens is 1. The van der Waals surface area contributed by atoms with E-state index >= 15 is 0 Å². The van der Waals surface area contributed by atoms with E-state index in [-0.39, 0.29) is 16.7 Å². The average Bonchev–Trinajstić information content (AvgIpc) is 3.40. The molecule has 3 fully saturated rings. The Morgan fingerprint density at radius 1 is 1.06 bits per heavy atom. The van der Waals surface area contributed by atoms with Crippen LogP contribution in [0.15, 0.2) is 30.3 Å². The highest BCUT2D eigenvalue weighted by molar-refractivity contribution is 7.16. The molecule has 1 aromatic heterocycles. The van der Waals surface area contributed by atoms with Crippen molar-refractivity contribution in [1.29, 1.82) is 0 Å². The van der Waals surface area contributed by atoms with Gasteiger partial charge in [-0.15, -0.1) is 11.3 Å². The van der Waals surface area contributed by atoms with Crippen molar-refractivity contribution in [2.45, 2.75) is 84.5 Å². The Bertz CT molecular complexity index is 1140. The molecule has 4 nitrogen and oxygen atoms in total. The first kappa shape index (κ1) is 23.4. The maximum absolute atomic E-state index is 12.8. The van der Waals surface area contributed by atoms with Crippen molar-refractivity contribution in [1.82, 2.24) is 4.98 Å². The fraction of sp³-hybridized carbons (Fsp3) is 0.633. The molecule has 0 bridgehead atoms. The molecule has 6 atom stereocenters. The van der Waals surface area contributed by atoms with Gasteiger partial charge in [0.1, 0.15) is 5.78 Å². The van der Waals surface area contributed by atoms with Crippen LogP contribution in [-0.4, -0.2) is 23.2 Å². The standard InChI is InChI=1S/C30H38N2O2S/c1-19(33)32(18-15-20-7-5-4-6-8-20)28-31-25-14-17-29(2)23-13-16-30(3)22(11-12-26(30)34)21(23)9-10-24(29)27(25)35-28/h4-8,21-24H,9-18H2,1-3H3/t21-,22-,23-,24?,29+,30-/m0/s1. The van der Waals surface area contributed by atoms with Crippen LogP contribution in [-0.2, 0) is 22.4 Å². The van der Waals surface area contributed by atoms with Gasteiger partial charge in [0, 0.05) is 36.1 Å². The normalized spacial score (nSPS) is 35.6. The molecule has 1 aromatic carbocycles. The minimum atomic E-state index is -0.0530. The summed E-state index contributed by atoms with van der Waals surface area (Å²) in [4.78, 5) is 33.8. The van der Waals surface area contributed by atoms with Gasteiger partial charge in [-0.2, -0.15) is 0 Å². The van der Waals surface area contributed by atoms with Crippen LogP contribution < -0.4 is 4.90 Å². The lowest BCUT2D eigenvalue weighted by Gasteiger charge is -2.59. The highest BCUT2D eigenvalue weighted by Gasteiger charge is 2.60. The second kappa shape index (κ2) is 8.54. The second-order valence-corrected chi connectivity index (χ2v) is 13.2. The fourth-order valence-electron chi connectivity index (χ4n) is 8.60. The Morgan fingerprint density at radius 2 is 1.86 bits per heavy atom. The molecule has 186 valence electrons. The van der Waals surface area contributed by atoms with E-state index in [0.29, 0.717) is 36.0 Å². The Balaban J connectivity index is 1.26. The third kappa shape index (κ3) is 3.63. The highest BCUT2D eigenvalue weighted by Crippen LogP contribution is 2.67. The number of ketones is 1. The number of rotatable bonds is 4. The van der Waals surface area contributed by atoms with E-state index in [1.54, 1.807) is 18.3 Å². The molecule has 6 rings (SSSR count). The summed E-state index contributed by atoms with van der Waals surface area (Å²) in [6, 6.07) is 10.4. The molecule has 5 heteroatoms. The maximum atomic E-state index is 12.8. The Morgan fingerprint density at radius 3 is 2.63 bits per heavy atom. The summed E-state index contributed by atoms with van der Waals surface area (Å²) in [5, 5.41) is 0.891. The van der Waals surface area contributed by atoms with E-state index in [9.17, 15) is 9.59 Å². The largest absolute Gasteiger partial charge is 0.299 e. The van der Waals surface area contributed by atoms with Gasteiger partial charge < -0.3 is 0 Å². The molecule has 4 aliphatic carbocycles. The lowest BCUT2D eigenvalue weighted by molar-refractivity contribution is -0.134. The Kier molecular flexibility index (Phi) is 5.71. The quantitative estimate of drug-likeness (QED) is 0.486. The second-order valence-electron chi connectivity index (χ2n) is 12.1. The lowest BCUT2D eigenvalue weighted by atomic mass is 9.46. The van der Waals surface area contributed by atoms with Gasteiger partial charge in [-0.05, 0) is 80.1 Å². The van der Waals surface area contributed by atoms with Gasteiger partial charge in [-0.25, -0.2) is 4.98 Å². The molecule has 1 amide bonds. The summed E-state index contributed by atoms with van der Waals surface area (Å²) >= 11 is 1.79. The number of amides is 1. The van der Waals surface area contributed by atoms with E-state index < -0.39 is 0 Å². The number of benzene rings is 1. The van der Waals surface area contributed by atoms with E-state index in [2.05, 4.69) is 38.1 Å². The highest BCUT2D eigenvalue weighted by atomic mass is 32.1. The van der Waals surface area contributed by atoms with E-state index in [4.69, 9.17) is 4.98 Å². The molecule has 0 radical (unpaired) electrons. The molecule has 0 spiro atoms. The van der Waals surface area contributed by atoms with Crippen LogP contribution in [0.4, 0.5) is 5.13 Å². The zero-order valence-electron chi connectivity index (χ0n) is 21.4. The SMILES string of the molecule is CC(=O)N(CCc1ccccc1)c1nc2c(s1)C1CC[C@@H]3[C@H](CC[C@]4(C)C(=O)CC[C@@H]34)[C@@]1(C)CC2. The van der Waals surface area contributed by atoms with Crippen molar-refractivity contribution in [2.75, 3.05) is 11.4 Å². The van der Waals surface area contributed by atoms with Crippen LogP contribution >= 0.6 is 11.3 Å². The molecule has 4 aliphatic rings. The number of fused-ring (bicyclic) bond motifs is 7. The number of Topliss-reactive ketones (excluding diaryl/α,β-unsaturated/α-hetero) is 1. The number of carbonyl (C=O) groups excluding carboxylic acids is 2. The summed E-state index contributed by atoms with van der Waals surface area (Å²) < 4.78 is 0. The molecule has 2 aromatic rings. The number of nitrogens with zero attached hydrogens (tertiary/aromatic N) is 2. The van der Waals surface area contributed by atoms with Gasteiger partial charge in [0.25, 0.3) is 0 Å². The summed E-state index contributed by atoms with van der Waals surface area (Å²) in [6.07, 6.45) is 9.70. The number of thiazole rings is 1. The molecule has 35 heavy (non-hydrogen) atoms. The monoisotopic (exact) mass is 490 g/mol. The average molecular weight is 491 g/mol. The molecule has 0 aliphatic heterocycles. The number of anilines is 1. The maximum Gasteiger partial charge on any atom is 0.225 e. The first-order chi connectivity index (χ1) is 16.8. The minimum absolute atomic E-state index is 0.0530. The van der Waals surface area contributed by atoms with Crippen molar-refractivity contribution in [2.24, 2.45) is 28.6 Å². The molecule has 0 saturated heterocycles. The Hall–Kier alpha value is -2.01. The zero-order valence-corrected chi connectivity index (χ0v) is 22.2. The first-order valence-electron chi connectivity index (χ1n) is 13.7. The fourth-order valence-corrected chi connectivity index (χ4v) is 10.1. The van der Waals surface area contributed by atoms with Gasteiger partial charge in [0.15, 0.2) is 5.13 Å². The molecule has 1 heterocycles. The van der Waals surface area contributed by atoms with Crippen LogP contribution in [0.1, 0.15) is 87.8 Å². The topological polar surface area (TPSA) is 50.3 Å². The third-order valence-corrected chi connectivity index (χ3v) is 11.8. The predicted octanol–water partition coefficient (Wildman–Crippen LogP) is 6.58. The van der Waals surface area contributed by atoms with Crippen LogP contribution in [0.3, 0.4) is 0 Å². The van der Waals surface area contributed by atoms with Gasteiger partial charge in [-0.3, -0.25) is 14.5 Å². The van der Waals surface area contributed by atoms with Gasteiger partial charge in [-0.1, -0.05) is 44.2 Å².